The molecule has 102 valence electrons. The molecule has 1 aliphatic heterocycles. The van der Waals surface area contributed by atoms with Crippen LogP contribution < -0.4 is 4.90 Å². The normalized spacial score (nSPS) is 23.3. The number of anilines is 1. The fourth-order valence-corrected chi connectivity index (χ4v) is 2.63. The van der Waals surface area contributed by atoms with Gasteiger partial charge in [-0.3, -0.25) is 9.88 Å². The van der Waals surface area contributed by atoms with E-state index in [-0.39, 0.29) is 0 Å². The minimum atomic E-state index is 0.316. The van der Waals surface area contributed by atoms with Crippen molar-refractivity contribution >= 4 is 5.69 Å². The van der Waals surface area contributed by atoms with E-state index in [1.165, 1.54) is 0 Å². The van der Waals surface area contributed by atoms with Crippen LogP contribution in [-0.2, 0) is 4.74 Å². The molecule has 2 atom stereocenters. The number of aromatic nitrogens is 1. The summed E-state index contributed by atoms with van der Waals surface area (Å²) in [4.78, 5) is 8.43. The first-order valence-electron chi connectivity index (χ1n) is 6.44. The van der Waals surface area contributed by atoms with Crippen LogP contribution in [0.4, 0.5) is 5.69 Å². The Morgan fingerprint density at radius 3 is 3.05 bits per heavy atom. The van der Waals surface area contributed by atoms with Crippen LogP contribution in [0.15, 0.2) is 18.5 Å². The van der Waals surface area contributed by atoms with Crippen LogP contribution in [0.1, 0.15) is 12.0 Å². The molecular formula is C14H20N4O. The summed E-state index contributed by atoms with van der Waals surface area (Å²) in [5.41, 5.74) is 1.56. The molecule has 0 N–H and O–H groups in total. The molecule has 0 bridgehead atoms. The van der Waals surface area contributed by atoms with Crippen LogP contribution in [0.2, 0.25) is 0 Å². The quantitative estimate of drug-likeness (QED) is 0.811. The molecule has 0 saturated carbocycles. The Hall–Kier alpha value is -1.64. The van der Waals surface area contributed by atoms with Gasteiger partial charge in [0, 0.05) is 45.7 Å². The van der Waals surface area contributed by atoms with Crippen molar-refractivity contribution in [3.8, 4) is 6.07 Å². The predicted molar refractivity (Wildman–Crippen MR) is 74.1 cm³/mol. The lowest BCUT2D eigenvalue weighted by Gasteiger charge is -2.27. The highest BCUT2D eigenvalue weighted by Gasteiger charge is 2.30. The van der Waals surface area contributed by atoms with E-state index >= 15 is 0 Å². The summed E-state index contributed by atoms with van der Waals surface area (Å²) < 4.78 is 5.42. The molecule has 1 saturated heterocycles. The van der Waals surface area contributed by atoms with Crippen molar-refractivity contribution in [3.05, 3.63) is 24.0 Å². The van der Waals surface area contributed by atoms with Crippen molar-refractivity contribution in [3.63, 3.8) is 0 Å². The number of likely N-dealkylation sites (N-methyl/N-ethyl adjacent to an activating group) is 2. The molecule has 2 rings (SSSR count). The highest BCUT2D eigenvalue weighted by atomic mass is 16.5. The summed E-state index contributed by atoms with van der Waals surface area (Å²) in [6.45, 7) is 1.85. The van der Waals surface area contributed by atoms with Gasteiger partial charge in [-0.2, -0.15) is 5.26 Å². The van der Waals surface area contributed by atoms with Crippen LogP contribution in [-0.4, -0.2) is 56.3 Å². The van der Waals surface area contributed by atoms with Gasteiger partial charge in [0.15, 0.2) is 0 Å². The third kappa shape index (κ3) is 3.03. The van der Waals surface area contributed by atoms with E-state index in [0.29, 0.717) is 17.7 Å². The number of hydrogen-bond acceptors (Lipinski definition) is 5. The fraction of sp³-hybridized carbons (Fsp3) is 0.571. The monoisotopic (exact) mass is 260 g/mol. The molecule has 1 aliphatic rings. The van der Waals surface area contributed by atoms with Crippen molar-refractivity contribution in [1.29, 1.82) is 5.26 Å². The Morgan fingerprint density at radius 1 is 1.63 bits per heavy atom. The molecule has 1 fully saturated rings. The lowest BCUT2D eigenvalue weighted by atomic mass is 10.1. The minimum Gasteiger partial charge on any atom is -0.380 e. The topological polar surface area (TPSA) is 52.4 Å². The Bertz CT molecular complexity index is 471. The standard InChI is InChI=1S/C14H20N4O/c1-17-10-13(19-3)6-12(17)9-18(2)14-4-5-16-8-11(14)7-15/h4-5,8,12-13H,6,9-10H2,1-3H3/t12-,13-/m0/s1. The molecule has 1 aromatic rings. The Kier molecular flexibility index (Phi) is 4.35. The number of nitriles is 1. The fourth-order valence-electron chi connectivity index (χ4n) is 2.63. The highest BCUT2D eigenvalue weighted by molar-refractivity contribution is 5.57. The number of likely N-dealkylation sites (tertiary alicyclic amines) is 1. The zero-order valence-electron chi connectivity index (χ0n) is 11.7. The molecule has 0 unspecified atom stereocenters. The number of nitrogens with zero attached hydrogens (tertiary/aromatic N) is 4. The average molecular weight is 260 g/mol. The lowest BCUT2D eigenvalue weighted by Crippen LogP contribution is -2.36. The van der Waals surface area contributed by atoms with Gasteiger partial charge in [-0.15, -0.1) is 0 Å². The van der Waals surface area contributed by atoms with E-state index in [4.69, 9.17) is 10.00 Å². The molecule has 2 heterocycles. The van der Waals surface area contributed by atoms with Crippen LogP contribution >= 0.6 is 0 Å². The lowest BCUT2D eigenvalue weighted by molar-refractivity contribution is 0.111. The summed E-state index contributed by atoms with van der Waals surface area (Å²) in [6.07, 6.45) is 4.69. The van der Waals surface area contributed by atoms with Gasteiger partial charge < -0.3 is 9.64 Å². The Labute approximate surface area is 114 Å². The largest absolute Gasteiger partial charge is 0.380 e. The van der Waals surface area contributed by atoms with Crippen molar-refractivity contribution < 1.29 is 4.74 Å². The number of pyridine rings is 1. The summed E-state index contributed by atoms with van der Waals surface area (Å²) in [7, 11) is 5.90. The Balaban J connectivity index is 2.05. The molecule has 0 amide bonds. The molecule has 0 aliphatic carbocycles. The summed E-state index contributed by atoms with van der Waals surface area (Å²) in [6, 6.07) is 4.53. The van der Waals surface area contributed by atoms with E-state index in [1.807, 2.05) is 13.1 Å². The second-order valence-electron chi connectivity index (χ2n) is 5.07. The van der Waals surface area contributed by atoms with E-state index in [9.17, 15) is 0 Å². The summed E-state index contributed by atoms with van der Waals surface area (Å²) in [5.74, 6) is 0. The van der Waals surface area contributed by atoms with Gasteiger partial charge in [0.25, 0.3) is 0 Å². The van der Waals surface area contributed by atoms with Crippen molar-refractivity contribution in [2.75, 3.05) is 39.2 Å². The molecule has 0 spiro atoms. The molecule has 5 heteroatoms. The first-order chi connectivity index (χ1) is 9.15. The van der Waals surface area contributed by atoms with E-state index < -0.39 is 0 Å². The molecule has 1 aromatic heterocycles. The maximum absolute atomic E-state index is 9.11. The van der Waals surface area contributed by atoms with Gasteiger partial charge in [0.05, 0.1) is 17.4 Å². The maximum Gasteiger partial charge on any atom is 0.103 e. The molecular weight excluding hydrogens is 240 g/mol. The third-order valence-electron chi connectivity index (χ3n) is 3.80. The van der Waals surface area contributed by atoms with E-state index in [0.717, 1.165) is 25.2 Å². The Morgan fingerprint density at radius 2 is 2.42 bits per heavy atom. The number of rotatable bonds is 4. The van der Waals surface area contributed by atoms with Gasteiger partial charge in [0.1, 0.15) is 6.07 Å². The smallest absolute Gasteiger partial charge is 0.103 e. The first-order valence-corrected chi connectivity index (χ1v) is 6.44. The van der Waals surface area contributed by atoms with Crippen LogP contribution in [0, 0.1) is 11.3 Å². The first kappa shape index (κ1) is 13.8. The molecule has 0 aromatic carbocycles. The second kappa shape index (κ2) is 6.00. The van der Waals surface area contributed by atoms with E-state index in [1.54, 1.807) is 19.5 Å². The third-order valence-corrected chi connectivity index (χ3v) is 3.80. The summed E-state index contributed by atoms with van der Waals surface area (Å²) in [5, 5.41) is 9.11. The number of ether oxygens (including phenoxy) is 1. The van der Waals surface area contributed by atoms with Crippen LogP contribution in [0.25, 0.3) is 0 Å². The minimum absolute atomic E-state index is 0.316. The molecule has 5 nitrogen and oxygen atoms in total. The van der Waals surface area contributed by atoms with Gasteiger partial charge in [-0.25, -0.2) is 0 Å². The second-order valence-corrected chi connectivity index (χ2v) is 5.07. The van der Waals surface area contributed by atoms with Gasteiger partial charge >= 0.3 is 0 Å². The van der Waals surface area contributed by atoms with Crippen molar-refractivity contribution in [2.45, 2.75) is 18.6 Å². The molecule has 0 radical (unpaired) electrons. The number of hydrogen-bond donors (Lipinski definition) is 0. The zero-order valence-corrected chi connectivity index (χ0v) is 11.7. The molecule has 19 heavy (non-hydrogen) atoms. The van der Waals surface area contributed by atoms with Gasteiger partial charge in [0.2, 0.25) is 0 Å². The SMILES string of the molecule is CO[C@H]1C[C@@H](CN(C)c2ccncc2C#N)N(C)C1. The summed E-state index contributed by atoms with van der Waals surface area (Å²) >= 11 is 0. The number of methoxy groups -OCH3 is 1. The van der Waals surface area contributed by atoms with Crippen LogP contribution in [0.3, 0.4) is 0 Å². The average Bonchev–Trinajstić information content (AvgIpc) is 2.79. The maximum atomic E-state index is 9.11. The van der Waals surface area contributed by atoms with Gasteiger partial charge in [-0.05, 0) is 19.5 Å². The van der Waals surface area contributed by atoms with Gasteiger partial charge in [-0.1, -0.05) is 0 Å². The van der Waals surface area contributed by atoms with E-state index in [2.05, 4.69) is 27.9 Å². The van der Waals surface area contributed by atoms with Crippen molar-refractivity contribution in [2.24, 2.45) is 0 Å². The zero-order chi connectivity index (χ0) is 13.8. The highest BCUT2D eigenvalue weighted by Crippen LogP contribution is 2.22. The van der Waals surface area contributed by atoms with Crippen molar-refractivity contribution in [1.82, 2.24) is 9.88 Å². The predicted octanol–water partition coefficient (Wildman–Crippen LogP) is 1.11. The van der Waals surface area contributed by atoms with Crippen LogP contribution in [0.5, 0.6) is 0 Å².